The van der Waals surface area contributed by atoms with Gasteiger partial charge in [0, 0.05) is 12.6 Å². The Balaban J connectivity index is 1.79. The Hall–Kier alpha value is -2.49. The number of urea groups is 1. The van der Waals surface area contributed by atoms with Gasteiger partial charge in [-0.15, -0.1) is 0 Å². The minimum absolute atomic E-state index is 0.0690. The van der Waals surface area contributed by atoms with E-state index in [1.807, 2.05) is 79.4 Å². The van der Waals surface area contributed by atoms with E-state index in [1.54, 1.807) is 0 Å². The normalized spacial score (nSPS) is 10.4. The smallest absolute Gasteiger partial charge is 0.318 e. The number of amides is 2. The van der Waals surface area contributed by atoms with Crippen molar-refractivity contribution in [3.63, 3.8) is 0 Å². The van der Waals surface area contributed by atoms with Crippen LogP contribution in [-0.2, 0) is 6.54 Å². The molecule has 4 heteroatoms. The van der Waals surface area contributed by atoms with Crippen LogP contribution < -0.4 is 10.1 Å². The second-order valence-corrected chi connectivity index (χ2v) is 5.60. The molecule has 0 aromatic heterocycles. The van der Waals surface area contributed by atoms with E-state index >= 15 is 0 Å². The highest BCUT2D eigenvalue weighted by Gasteiger charge is 2.16. The summed E-state index contributed by atoms with van der Waals surface area (Å²) in [6, 6.07) is 19.7. The second kappa shape index (κ2) is 8.83. The Morgan fingerprint density at radius 2 is 1.65 bits per heavy atom. The van der Waals surface area contributed by atoms with Crippen LogP contribution in [0.25, 0.3) is 0 Å². The van der Waals surface area contributed by atoms with Gasteiger partial charge in [-0.25, -0.2) is 4.79 Å². The van der Waals surface area contributed by atoms with Crippen molar-refractivity contribution in [1.29, 1.82) is 0 Å². The molecule has 0 unspecified atom stereocenters. The van der Waals surface area contributed by atoms with Crippen LogP contribution in [0.4, 0.5) is 4.79 Å². The maximum atomic E-state index is 12.4. The standard InChI is InChI=1S/C19H24N2O2/c1-16(2)21(15-17-9-5-3-6-10-17)19(22)20-13-14-23-18-11-7-4-8-12-18/h3-12,16H,13-15H2,1-2H3,(H,20,22). The molecule has 0 aliphatic heterocycles. The number of nitrogens with one attached hydrogen (secondary N) is 1. The summed E-state index contributed by atoms with van der Waals surface area (Å²) in [5.74, 6) is 0.812. The highest BCUT2D eigenvalue weighted by molar-refractivity contribution is 5.74. The number of hydrogen-bond acceptors (Lipinski definition) is 2. The molecule has 0 aliphatic carbocycles. The molecule has 0 saturated heterocycles. The molecule has 0 saturated carbocycles. The molecule has 0 radical (unpaired) electrons. The molecular formula is C19H24N2O2. The van der Waals surface area contributed by atoms with Gasteiger partial charge in [-0.3, -0.25) is 0 Å². The first kappa shape index (κ1) is 16.9. The van der Waals surface area contributed by atoms with E-state index in [0.29, 0.717) is 19.7 Å². The third kappa shape index (κ3) is 5.66. The number of para-hydroxylation sites is 1. The third-order valence-electron chi connectivity index (χ3n) is 3.47. The maximum absolute atomic E-state index is 12.4. The Labute approximate surface area is 138 Å². The lowest BCUT2D eigenvalue weighted by Crippen LogP contribution is -2.44. The van der Waals surface area contributed by atoms with E-state index in [2.05, 4.69) is 5.32 Å². The van der Waals surface area contributed by atoms with Crippen molar-refractivity contribution in [2.24, 2.45) is 0 Å². The number of ether oxygens (including phenoxy) is 1. The lowest BCUT2D eigenvalue weighted by Gasteiger charge is -2.27. The van der Waals surface area contributed by atoms with Crippen LogP contribution >= 0.6 is 0 Å². The van der Waals surface area contributed by atoms with Gasteiger partial charge in [0.2, 0.25) is 0 Å². The van der Waals surface area contributed by atoms with E-state index in [4.69, 9.17) is 4.74 Å². The zero-order valence-electron chi connectivity index (χ0n) is 13.7. The molecule has 0 heterocycles. The van der Waals surface area contributed by atoms with Crippen molar-refractivity contribution in [2.45, 2.75) is 26.4 Å². The van der Waals surface area contributed by atoms with Crippen molar-refractivity contribution >= 4 is 6.03 Å². The van der Waals surface area contributed by atoms with Gasteiger partial charge in [0.05, 0.1) is 6.54 Å². The lowest BCUT2D eigenvalue weighted by molar-refractivity contribution is 0.177. The fourth-order valence-electron chi connectivity index (χ4n) is 2.21. The zero-order chi connectivity index (χ0) is 16.5. The van der Waals surface area contributed by atoms with Crippen LogP contribution in [0.3, 0.4) is 0 Å². The monoisotopic (exact) mass is 312 g/mol. The number of hydrogen-bond donors (Lipinski definition) is 1. The molecule has 2 amide bonds. The second-order valence-electron chi connectivity index (χ2n) is 5.60. The summed E-state index contributed by atoms with van der Waals surface area (Å²) < 4.78 is 5.58. The van der Waals surface area contributed by atoms with Crippen molar-refractivity contribution in [1.82, 2.24) is 10.2 Å². The summed E-state index contributed by atoms with van der Waals surface area (Å²) in [7, 11) is 0. The van der Waals surface area contributed by atoms with E-state index in [-0.39, 0.29) is 12.1 Å². The fourth-order valence-corrected chi connectivity index (χ4v) is 2.21. The van der Waals surface area contributed by atoms with Crippen LogP contribution in [0, 0.1) is 0 Å². The molecule has 0 atom stereocenters. The summed E-state index contributed by atoms with van der Waals surface area (Å²) >= 11 is 0. The van der Waals surface area contributed by atoms with Crippen LogP contribution in [0.2, 0.25) is 0 Å². The van der Waals surface area contributed by atoms with Gasteiger partial charge in [0.25, 0.3) is 0 Å². The van der Waals surface area contributed by atoms with Crippen molar-refractivity contribution in [2.75, 3.05) is 13.2 Å². The number of benzene rings is 2. The summed E-state index contributed by atoms with van der Waals surface area (Å²) in [6.45, 7) is 5.56. The van der Waals surface area contributed by atoms with Crippen LogP contribution in [-0.4, -0.2) is 30.1 Å². The minimum atomic E-state index is -0.0690. The molecule has 0 spiro atoms. The molecule has 23 heavy (non-hydrogen) atoms. The minimum Gasteiger partial charge on any atom is -0.492 e. The zero-order valence-corrected chi connectivity index (χ0v) is 13.7. The van der Waals surface area contributed by atoms with Gasteiger partial charge in [0.1, 0.15) is 12.4 Å². The molecule has 1 N–H and O–H groups in total. The molecule has 2 aromatic rings. The molecule has 0 fully saturated rings. The average Bonchev–Trinajstić information content (AvgIpc) is 2.58. The number of carbonyl (C=O) groups is 1. The van der Waals surface area contributed by atoms with Gasteiger partial charge < -0.3 is 15.0 Å². The van der Waals surface area contributed by atoms with Crippen LogP contribution in [0.15, 0.2) is 60.7 Å². The molecule has 122 valence electrons. The van der Waals surface area contributed by atoms with Gasteiger partial charge in [-0.05, 0) is 31.5 Å². The number of rotatable bonds is 7. The molecule has 0 aliphatic rings. The SMILES string of the molecule is CC(C)N(Cc1ccccc1)C(=O)NCCOc1ccccc1. The largest absolute Gasteiger partial charge is 0.492 e. The van der Waals surface area contributed by atoms with Gasteiger partial charge in [-0.2, -0.15) is 0 Å². The highest BCUT2D eigenvalue weighted by atomic mass is 16.5. The summed E-state index contributed by atoms with van der Waals surface area (Å²) in [6.07, 6.45) is 0. The predicted octanol–water partition coefficient (Wildman–Crippen LogP) is 3.69. The van der Waals surface area contributed by atoms with Crippen molar-refractivity contribution in [3.8, 4) is 5.75 Å². The quantitative estimate of drug-likeness (QED) is 0.792. The summed E-state index contributed by atoms with van der Waals surface area (Å²) in [4.78, 5) is 14.2. The van der Waals surface area contributed by atoms with Gasteiger partial charge >= 0.3 is 6.03 Å². The summed E-state index contributed by atoms with van der Waals surface area (Å²) in [5.41, 5.74) is 1.12. The lowest BCUT2D eigenvalue weighted by atomic mass is 10.2. The fraction of sp³-hybridized carbons (Fsp3) is 0.316. The molecule has 2 aromatic carbocycles. The topological polar surface area (TPSA) is 41.6 Å². The van der Waals surface area contributed by atoms with E-state index in [9.17, 15) is 4.79 Å². The Morgan fingerprint density at radius 1 is 1.04 bits per heavy atom. The Morgan fingerprint density at radius 3 is 2.26 bits per heavy atom. The van der Waals surface area contributed by atoms with E-state index in [0.717, 1.165) is 11.3 Å². The average molecular weight is 312 g/mol. The number of carbonyl (C=O) groups excluding carboxylic acids is 1. The first-order valence-corrected chi connectivity index (χ1v) is 7.93. The first-order chi connectivity index (χ1) is 11.2. The van der Waals surface area contributed by atoms with E-state index < -0.39 is 0 Å². The van der Waals surface area contributed by atoms with Crippen molar-refractivity contribution < 1.29 is 9.53 Å². The third-order valence-corrected chi connectivity index (χ3v) is 3.47. The molecule has 0 bridgehead atoms. The Bertz CT molecular complexity index is 585. The predicted molar refractivity (Wildman–Crippen MR) is 92.5 cm³/mol. The molecule has 2 rings (SSSR count). The summed E-state index contributed by atoms with van der Waals surface area (Å²) in [5, 5.41) is 2.92. The van der Waals surface area contributed by atoms with Crippen LogP contribution in [0.5, 0.6) is 5.75 Å². The highest BCUT2D eigenvalue weighted by Crippen LogP contribution is 2.09. The number of nitrogens with zero attached hydrogens (tertiary/aromatic N) is 1. The first-order valence-electron chi connectivity index (χ1n) is 7.93. The van der Waals surface area contributed by atoms with Gasteiger partial charge in [0.15, 0.2) is 0 Å². The van der Waals surface area contributed by atoms with E-state index in [1.165, 1.54) is 0 Å². The Kier molecular flexibility index (Phi) is 6.48. The molecular weight excluding hydrogens is 288 g/mol. The molecule has 4 nitrogen and oxygen atoms in total. The maximum Gasteiger partial charge on any atom is 0.318 e. The van der Waals surface area contributed by atoms with Crippen LogP contribution in [0.1, 0.15) is 19.4 Å². The van der Waals surface area contributed by atoms with Gasteiger partial charge in [-0.1, -0.05) is 48.5 Å². The van der Waals surface area contributed by atoms with Crippen molar-refractivity contribution in [3.05, 3.63) is 66.2 Å².